The Morgan fingerprint density at radius 2 is 1.42 bits per heavy atom. The largest absolute Gasteiger partial charge is 0.390 e. The fourth-order valence-corrected chi connectivity index (χ4v) is 4.42. The third-order valence-corrected chi connectivity index (χ3v) is 6.53. The zero-order valence-corrected chi connectivity index (χ0v) is 20.0. The summed E-state index contributed by atoms with van der Waals surface area (Å²) in [6.45, 7) is 7.81. The van der Waals surface area contributed by atoms with E-state index < -0.39 is 12.2 Å². The molecule has 2 aromatic carbocycles. The third kappa shape index (κ3) is 5.43. The number of hydrogen-bond donors (Lipinski definition) is 2. The van der Waals surface area contributed by atoms with Crippen LogP contribution in [0.25, 0.3) is 22.5 Å². The molecule has 0 amide bonds. The van der Waals surface area contributed by atoms with Gasteiger partial charge in [-0.15, -0.1) is 0 Å². The molecule has 5 nitrogen and oxygen atoms in total. The molecule has 5 heteroatoms. The molecule has 0 saturated carbocycles. The predicted octanol–water partition coefficient (Wildman–Crippen LogP) is 5.09. The fraction of sp³-hybridized carbons (Fsp3) is 0.429. The molecule has 0 fully saturated rings. The van der Waals surface area contributed by atoms with E-state index in [4.69, 9.17) is 9.97 Å². The molecule has 0 aliphatic carbocycles. The van der Waals surface area contributed by atoms with Gasteiger partial charge in [-0.1, -0.05) is 66.6 Å². The summed E-state index contributed by atoms with van der Waals surface area (Å²) in [7, 11) is 0. The van der Waals surface area contributed by atoms with E-state index in [1.807, 2.05) is 6.92 Å². The summed E-state index contributed by atoms with van der Waals surface area (Å²) in [4.78, 5) is 12.6. The number of hydrogen-bond acceptors (Lipinski definition) is 5. The molecule has 0 saturated heterocycles. The van der Waals surface area contributed by atoms with Gasteiger partial charge in [-0.05, 0) is 46.0 Å². The minimum atomic E-state index is -0.669. The smallest absolute Gasteiger partial charge is 0.151 e. The van der Waals surface area contributed by atoms with Crippen molar-refractivity contribution in [3.05, 3.63) is 65.4 Å². The number of rotatable bonds is 8. The van der Waals surface area contributed by atoms with Crippen molar-refractivity contribution in [3.8, 4) is 22.5 Å². The summed E-state index contributed by atoms with van der Waals surface area (Å²) >= 11 is 0. The summed E-state index contributed by atoms with van der Waals surface area (Å²) in [5.41, 5.74) is 7.48. The highest BCUT2D eigenvalue weighted by molar-refractivity contribution is 5.79. The van der Waals surface area contributed by atoms with Crippen LogP contribution in [0.4, 0.5) is 5.82 Å². The molecule has 2 unspecified atom stereocenters. The van der Waals surface area contributed by atoms with E-state index in [2.05, 4.69) is 67.3 Å². The lowest BCUT2D eigenvalue weighted by atomic mass is 10.0. The molecular formula is C28H35N3O2. The van der Waals surface area contributed by atoms with Crippen LogP contribution in [0.15, 0.2) is 48.5 Å². The normalized spacial score (nSPS) is 15.2. The highest BCUT2D eigenvalue weighted by atomic mass is 16.3. The van der Waals surface area contributed by atoms with Crippen molar-refractivity contribution in [2.24, 2.45) is 0 Å². The van der Waals surface area contributed by atoms with Crippen molar-refractivity contribution in [1.82, 2.24) is 9.97 Å². The van der Waals surface area contributed by atoms with Gasteiger partial charge in [-0.25, -0.2) is 9.97 Å². The van der Waals surface area contributed by atoms with Crippen LogP contribution in [0.2, 0.25) is 0 Å². The van der Waals surface area contributed by atoms with Crippen molar-refractivity contribution >= 4 is 5.82 Å². The molecule has 2 N–H and O–H groups in total. The molecule has 1 aliphatic rings. The van der Waals surface area contributed by atoms with E-state index >= 15 is 0 Å². The number of aliphatic hydroxyl groups excluding tert-OH is 2. The Kier molecular flexibility index (Phi) is 7.41. The first-order chi connectivity index (χ1) is 16.0. The Hall–Kier alpha value is -2.76. The van der Waals surface area contributed by atoms with E-state index in [9.17, 15) is 10.2 Å². The van der Waals surface area contributed by atoms with Crippen LogP contribution in [0.5, 0.6) is 0 Å². The van der Waals surface area contributed by atoms with Gasteiger partial charge in [0.25, 0.3) is 0 Å². The van der Waals surface area contributed by atoms with E-state index in [1.165, 1.54) is 11.1 Å². The predicted molar refractivity (Wildman–Crippen MR) is 134 cm³/mol. The first kappa shape index (κ1) is 23.4. The van der Waals surface area contributed by atoms with Crippen LogP contribution in [-0.4, -0.2) is 45.5 Å². The highest BCUT2D eigenvalue weighted by Crippen LogP contribution is 2.35. The van der Waals surface area contributed by atoms with Crippen LogP contribution in [0.3, 0.4) is 0 Å². The van der Waals surface area contributed by atoms with Gasteiger partial charge in [-0.2, -0.15) is 0 Å². The summed E-state index contributed by atoms with van der Waals surface area (Å²) in [6.07, 6.45) is 2.60. The lowest BCUT2D eigenvalue weighted by molar-refractivity contribution is 0.0120. The molecule has 0 spiro atoms. The first-order valence-electron chi connectivity index (χ1n) is 12.1. The maximum Gasteiger partial charge on any atom is 0.151 e. The molecule has 174 valence electrons. The molecule has 0 radical (unpaired) electrons. The Bertz CT molecular complexity index is 1060. The summed E-state index contributed by atoms with van der Waals surface area (Å²) < 4.78 is 0. The monoisotopic (exact) mass is 445 g/mol. The minimum Gasteiger partial charge on any atom is -0.390 e. The standard InChI is InChI=1S/C28H35N3O2/c1-4-24(32)25(33)8-6-18-31-17-5-7-23-28(31)30-27(22-15-11-20(3)12-16-22)26(29-23)21-13-9-19(2)10-14-21/h9-16,24-25,32-33H,4-8,17-18H2,1-3H3. The summed E-state index contributed by atoms with van der Waals surface area (Å²) in [5, 5.41) is 20.0. The topological polar surface area (TPSA) is 69.5 Å². The minimum absolute atomic E-state index is 0.570. The van der Waals surface area contributed by atoms with Gasteiger partial charge in [0, 0.05) is 24.2 Å². The van der Waals surface area contributed by atoms with Gasteiger partial charge >= 0.3 is 0 Å². The molecule has 1 aromatic heterocycles. The van der Waals surface area contributed by atoms with Crippen molar-refractivity contribution < 1.29 is 10.2 Å². The van der Waals surface area contributed by atoms with Crippen LogP contribution in [-0.2, 0) is 6.42 Å². The average molecular weight is 446 g/mol. The molecule has 2 atom stereocenters. The second kappa shape index (κ2) is 10.4. The Morgan fingerprint density at radius 1 is 0.848 bits per heavy atom. The number of nitrogens with zero attached hydrogens (tertiary/aromatic N) is 3. The zero-order valence-electron chi connectivity index (χ0n) is 20.0. The van der Waals surface area contributed by atoms with Crippen molar-refractivity contribution in [3.63, 3.8) is 0 Å². The molecule has 1 aliphatic heterocycles. The highest BCUT2D eigenvalue weighted by Gasteiger charge is 2.24. The van der Waals surface area contributed by atoms with Crippen molar-refractivity contribution in [1.29, 1.82) is 0 Å². The average Bonchev–Trinajstić information content (AvgIpc) is 2.84. The number of anilines is 1. The van der Waals surface area contributed by atoms with E-state index in [-0.39, 0.29) is 0 Å². The van der Waals surface area contributed by atoms with E-state index in [1.54, 1.807) is 0 Å². The van der Waals surface area contributed by atoms with Gasteiger partial charge in [0.2, 0.25) is 0 Å². The molecular weight excluding hydrogens is 410 g/mol. The van der Waals surface area contributed by atoms with Gasteiger partial charge in [0.05, 0.1) is 29.3 Å². The van der Waals surface area contributed by atoms with E-state index in [0.29, 0.717) is 12.8 Å². The maximum absolute atomic E-state index is 10.1. The third-order valence-electron chi connectivity index (χ3n) is 6.53. The van der Waals surface area contributed by atoms with Crippen molar-refractivity contribution in [2.45, 2.75) is 65.1 Å². The van der Waals surface area contributed by atoms with Gasteiger partial charge in [0.1, 0.15) is 0 Å². The number of fused-ring (bicyclic) bond motifs is 1. The van der Waals surface area contributed by atoms with Gasteiger partial charge < -0.3 is 15.1 Å². The quantitative estimate of drug-likeness (QED) is 0.505. The number of aryl methyl sites for hydroxylation is 3. The van der Waals surface area contributed by atoms with Crippen LogP contribution in [0.1, 0.15) is 49.4 Å². The maximum atomic E-state index is 10.1. The molecule has 33 heavy (non-hydrogen) atoms. The zero-order chi connectivity index (χ0) is 23.4. The fourth-order valence-electron chi connectivity index (χ4n) is 4.42. The molecule has 2 heterocycles. The summed E-state index contributed by atoms with van der Waals surface area (Å²) in [6, 6.07) is 17.0. The van der Waals surface area contributed by atoms with Crippen LogP contribution >= 0.6 is 0 Å². The Morgan fingerprint density at radius 3 is 2.00 bits per heavy atom. The molecule has 3 aromatic rings. The van der Waals surface area contributed by atoms with Crippen LogP contribution < -0.4 is 4.90 Å². The summed E-state index contributed by atoms with van der Waals surface area (Å²) in [5.74, 6) is 0.957. The van der Waals surface area contributed by atoms with Gasteiger partial charge in [0.15, 0.2) is 5.82 Å². The molecule has 0 bridgehead atoms. The molecule has 4 rings (SSSR count). The lowest BCUT2D eigenvalue weighted by Gasteiger charge is -2.31. The van der Waals surface area contributed by atoms with Crippen LogP contribution in [0, 0.1) is 13.8 Å². The SMILES string of the molecule is CCC(O)C(O)CCCN1CCCc2nc(-c3ccc(C)cc3)c(-c3ccc(C)cc3)nc21. The Balaban J connectivity index is 1.68. The van der Waals surface area contributed by atoms with Gasteiger partial charge in [-0.3, -0.25) is 0 Å². The van der Waals surface area contributed by atoms with E-state index in [0.717, 1.165) is 66.4 Å². The second-order valence-electron chi connectivity index (χ2n) is 9.20. The second-order valence-corrected chi connectivity index (χ2v) is 9.20. The number of aromatic nitrogens is 2. The first-order valence-corrected chi connectivity index (χ1v) is 12.1. The lowest BCUT2D eigenvalue weighted by Crippen LogP contribution is -2.33. The number of benzene rings is 2. The number of aliphatic hydroxyl groups is 2. The Labute approximate surface area is 197 Å². The van der Waals surface area contributed by atoms with Crippen molar-refractivity contribution in [2.75, 3.05) is 18.0 Å².